The van der Waals surface area contributed by atoms with Gasteiger partial charge in [0.05, 0.1) is 36.4 Å². The number of ether oxygens (including phenoxy) is 4. The molecule has 1 spiro atoms. The number of aliphatic hydroxyl groups excluding tert-OH is 4. The van der Waals surface area contributed by atoms with Crippen LogP contribution < -0.4 is 0 Å². The van der Waals surface area contributed by atoms with Gasteiger partial charge in [0.25, 0.3) is 0 Å². The van der Waals surface area contributed by atoms with Crippen molar-refractivity contribution in [2.75, 3.05) is 13.2 Å². The van der Waals surface area contributed by atoms with Gasteiger partial charge in [0.1, 0.15) is 24.4 Å². The van der Waals surface area contributed by atoms with E-state index >= 15 is 0 Å². The van der Waals surface area contributed by atoms with Crippen molar-refractivity contribution in [3.8, 4) is 0 Å². The average molecular weight is 647 g/mol. The molecule has 7 rings (SSSR count). The van der Waals surface area contributed by atoms with Gasteiger partial charge in [-0.05, 0) is 78.4 Å². The van der Waals surface area contributed by atoms with E-state index in [9.17, 15) is 25.2 Å². The molecule has 4 N–H and O–H groups in total. The quantitative estimate of drug-likeness (QED) is 0.203. The second-order valence-corrected chi connectivity index (χ2v) is 18.6. The van der Waals surface area contributed by atoms with Crippen molar-refractivity contribution in [1.29, 1.82) is 0 Å². The summed E-state index contributed by atoms with van der Waals surface area (Å²) in [5, 5.41) is 43.2. The third kappa shape index (κ3) is 4.08. The molecule has 4 saturated carbocycles. The predicted molar refractivity (Wildman–Crippen MR) is 169 cm³/mol. The van der Waals surface area contributed by atoms with Gasteiger partial charge in [0.2, 0.25) is 0 Å². The maximum absolute atomic E-state index is 12.4. The van der Waals surface area contributed by atoms with E-state index in [1.54, 1.807) is 0 Å². The lowest BCUT2D eigenvalue weighted by Crippen LogP contribution is -2.74. The molecule has 0 aromatic rings. The van der Waals surface area contributed by atoms with Gasteiger partial charge in [-0.1, -0.05) is 60.6 Å². The van der Waals surface area contributed by atoms with Gasteiger partial charge in [0.15, 0.2) is 6.29 Å². The monoisotopic (exact) mass is 646 g/mol. The molecule has 46 heavy (non-hydrogen) atoms. The minimum atomic E-state index is -1.30. The average Bonchev–Trinajstić information content (AvgIpc) is 3.22. The summed E-state index contributed by atoms with van der Waals surface area (Å²) in [6.07, 6.45) is 4.93. The Morgan fingerprint density at radius 1 is 0.870 bits per heavy atom. The van der Waals surface area contributed by atoms with E-state index in [0.29, 0.717) is 18.9 Å². The number of carbonyl (C=O) groups excluding carboxylic acids is 1. The van der Waals surface area contributed by atoms with Crippen molar-refractivity contribution in [3.63, 3.8) is 0 Å². The van der Waals surface area contributed by atoms with E-state index in [0.717, 1.165) is 38.5 Å². The summed E-state index contributed by atoms with van der Waals surface area (Å²) in [5.41, 5.74) is -1.97. The van der Waals surface area contributed by atoms with Crippen LogP contribution in [0.5, 0.6) is 0 Å². The van der Waals surface area contributed by atoms with E-state index in [1.165, 1.54) is 6.92 Å². The van der Waals surface area contributed by atoms with Gasteiger partial charge >= 0.3 is 5.97 Å². The summed E-state index contributed by atoms with van der Waals surface area (Å²) in [4.78, 5) is 12.4. The van der Waals surface area contributed by atoms with Gasteiger partial charge < -0.3 is 39.4 Å². The number of hydrogen-bond donors (Lipinski definition) is 4. The first kappa shape index (κ1) is 33.4. The number of carbonyl (C=O) groups is 1. The zero-order valence-corrected chi connectivity index (χ0v) is 29.1. The molecule has 15 unspecified atom stereocenters. The van der Waals surface area contributed by atoms with Crippen molar-refractivity contribution < 1.29 is 44.2 Å². The van der Waals surface area contributed by atoms with Gasteiger partial charge in [-0.2, -0.15) is 0 Å². The molecule has 0 aromatic heterocycles. The molecule has 9 heteroatoms. The Bertz CT molecular complexity index is 1280. The number of fused-ring (bicyclic) bond motifs is 4. The van der Waals surface area contributed by atoms with Gasteiger partial charge in [-0.15, -0.1) is 0 Å². The minimum Gasteiger partial charge on any atom is -0.462 e. The summed E-state index contributed by atoms with van der Waals surface area (Å²) in [7, 11) is 0. The first-order valence-corrected chi connectivity index (χ1v) is 17.8. The molecule has 9 nitrogen and oxygen atoms in total. The lowest BCUT2D eigenvalue weighted by Gasteiger charge is -2.73. The molecule has 5 aliphatic carbocycles. The SMILES string of the molecule is CC(=O)OC1CC(C)(C)CC2C13COC21C=CC2C4(C)CCC(OC5OCC(O)C(O)C5O)C(C)(C)C4CCC2(C)C1(C)CC3O. The van der Waals surface area contributed by atoms with Crippen molar-refractivity contribution in [2.24, 2.45) is 50.2 Å². The zero-order chi connectivity index (χ0) is 33.5. The number of aliphatic hydroxyl groups is 4. The molecule has 0 radical (unpaired) electrons. The standard InChI is InChI=1S/C37H58O9/c1-20(38)45-27-17-31(2,3)15-24-36(27)19-44-37(24)14-10-23-33(6)12-11-26(46-30-29(42)28(41)21(39)18-43-30)32(4,5)22(33)9-13-34(23,7)35(37,8)16-25(36)40/h10,14,21-30,39-42H,9,11-13,15-19H2,1-8H3. The number of esters is 1. The maximum atomic E-state index is 12.4. The Labute approximate surface area is 274 Å². The maximum Gasteiger partial charge on any atom is 0.302 e. The predicted octanol–water partition coefficient (Wildman–Crippen LogP) is 4.13. The minimum absolute atomic E-state index is 0.0383. The summed E-state index contributed by atoms with van der Waals surface area (Å²) >= 11 is 0. The summed E-state index contributed by atoms with van der Waals surface area (Å²) < 4.78 is 25.3. The molecule has 260 valence electrons. The highest BCUT2D eigenvalue weighted by Crippen LogP contribution is 2.79. The normalized spacial score (nSPS) is 56.6. The van der Waals surface area contributed by atoms with Crippen LogP contribution in [-0.2, 0) is 23.7 Å². The van der Waals surface area contributed by atoms with E-state index in [1.807, 2.05) is 0 Å². The summed E-state index contributed by atoms with van der Waals surface area (Å²) in [6.45, 7) is 18.2. The summed E-state index contributed by atoms with van der Waals surface area (Å²) in [6, 6.07) is 0. The Balaban J connectivity index is 1.23. The van der Waals surface area contributed by atoms with Gasteiger partial charge in [0, 0.05) is 18.3 Å². The van der Waals surface area contributed by atoms with Crippen LogP contribution in [0.4, 0.5) is 0 Å². The van der Waals surface area contributed by atoms with Crippen molar-refractivity contribution in [1.82, 2.24) is 0 Å². The van der Waals surface area contributed by atoms with E-state index in [2.05, 4.69) is 60.6 Å². The highest BCUT2D eigenvalue weighted by molar-refractivity contribution is 5.66. The molecule has 0 aromatic carbocycles. The lowest BCUT2D eigenvalue weighted by molar-refractivity contribution is -0.311. The molecule has 2 heterocycles. The molecule has 2 saturated heterocycles. The highest BCUT2D eigenvalue weighted by Gasteiger charge is 2.81. The molecular formula is C37H58O9. The lowest BCUT2D eigenvalue weighted by atomic mass is 9.32. The molecule has 0 amide bonds. The van der Waals surface area contributed by atoms with Crippen molar-refractivity contribution in [2.45, 2.75) is 149 Å². The van der Waals surface area contributed by atoms with Crippen molar-refractivity contribution >= 4 is 5.97 Å². The molecule has 2 bridgehead atoms. The van der Waals surface area contributed by atoms with Crippen LogP contribution in [0.2, 0.25) is 0 Å². The molecule has 2 aliphatic heterocycles. The van der Waals surface area contributed by atoms with Crippen molar-refractivity contribution in [3.05, 3.63) is 12.2 Å². The summed E-state index contributed by atoms with van der Waals surface area (Å²) in [5.74, 6) is 0.329. The Morgan fingerprint density at radius 2 is 1.59 bits per heavy atom. The number of rotatable bonds is 3. The van der Waals surface area contributed by atoms with Crippen LogP contribution >= 0.6 is 0 Å². The third-order valence-electron chi connectivity index (χ3n) is 15.6. The second kappa shape index (κ2) is 10.2. The number of hydrogen-bond acceptors (Lipinski definition) is 9. The van der Waals surface area contributed by atoms with Gasteiger partial charge in [-0.3, -0.25) is 4.79 Å². The number of allylic oxidation sites excluding steroid dienone is 1. The molecule has 6 fully saturated rings. The highest BCUT2D eigenvalue weighted by atomic mass is 16.7. The fraction of sp³-hybridized carbons (Fsp3) is 0.919. The van der Waals surface area contributed by atoms with Gasteiger partial charge in [-0.25, -0.2) is 0 Å². The zero-order valence-electron chi connectivity index (χ0n) is 29.1. The Kier molecular flexibility index (Phi) is 7.44. The van der Waals surface area contributed by atoms with E-state index in [-0.39, 0.29) is 63.7 Å². The third-order valence-corrected chi connectivity index (χ3v) is 15.6. The Morgan fingerprint density at radius 3 is 2.28 bits per heavy atom. The topological polar surface area (TPSA) is 135 Å². The first-order chi connectivity index (χ1) is 21.3. The van der Waals surface area contributed by atoms with E-state index in [4.69, 9.17) is 18.9 Å². The van der Waals surface area contributed by atoms with Crippen LogP contribution in [0, 0.1) is 50.2 Å². The first-order valence-electron chi connectivity index (χ1n) is 17.8. The Hall–Kier alpha value is -1.07. The van der Waals surface area contributed by atoms with Crippen LogP contribution in [-0.4, -0.2) is 88.1 Å². The smallest absolute Gasteiger partial charge is 0.302 e. The van der Waals surface area contributed by atoms with Crippen LogP contribution in [0.15, 0.2) is 12.2 Å². The van der Waals surface area contributed by atoms with E-state index < -0.39 is 41.7 Å². The van der Waals surface area contributed by atoms with Crippen LogP contribution in [0.1, 0.15) is 100 Å². The fourth-order valence-corrected chi connectivity index (χ4v) is 13.1. The van der Waals surface area contributed by atoms with Crippen LogP contribution in [0.3, 0.4) is 0 Å². The van der Waals surface area contributed by atoms with Crippen LogP contribution in [0.25, 0.3) is 0 Å². The second-order valence-electron chi connectivity index (χ2n) is 18.6. The largest absolute Gasteiger partial charge is 0.462 e. The molecule has 15 atom stereocenters. The fourth-order valence-electron chi connectivity index (χ4n) is 13.1. The molecule has 7 aliphatic rings. The molecular weight excluding hydrogens is 588 g/mol.